The van der Waals surface area contributed by atoms with Crippen LogP contribution in [0.1, 0.15) is 30.4 Å². The predicted octanol–water partition coefficient (Wildman–Crippen LogP) is 2.38. The maximum absolute atomic E-state index is 10.2. The molecule has 2 heteroatoms. The highest BCUT2D eigenvalue weighted by Crippen LogP contribution is 2.43. The normalized spacial score (nSPS) is 18.8. The van der Waals surface area contributed by atoms with Crippen LogP contribution in [0.25, 0.3) is 0 Å². The summed E-state index contributed by atoms with van der Waals surface area (Å²) < 4.78 is 5.24. The second kappa shape index (κ2) is 3.28. The van der Waals surface area contributed by atoms with Gasteiger partial charge in [-0.3, -0.25) is 0 Å². The molecule has 1 aliphatic carbocycles. The zero-order chi connectivity index (χ0) is 10.2. The van der Waals surface area contributed by atoms with Crippen molar-refractivity contribution in [1.82, 2.24) is 0 Å². The molecule has 0 bridgehead atoms. The topological polar surface area (TPSA) is 29.5 Å². The third-order valence-corrected chi connectivity index (χ3v) is 3.19. The van der Waals surface area contributed by atoms with E-state index in [4.69, 9.17) is 4.74 Å². The van der Waals surface area contributed by atoms with E-state index in [-0.39, 0.29) is 0 Å². The molecule has 1 fully saturated rings. The smallest absolute Gasteiger partial charge is 0.122 e. The molecular weight excluding hydrogens is 176 g/mol. The lowest BCUT2D eigenvalue weighted by atomic mass is 9.73. The molecule has 2 rings (SSSR count). The van der Waals surface area contributed by atoms with Crippen LogP contribution in [-0.2, 0) is 5.60 Å². The van der Waals surface area contributed by atoms with Gasteiger partial charge in [0.05, 0.1) is 12.7 Å². The summed E-state index contributed by atoms with van der Waals surface area (Å²) >= 11 is 0. The number of rotatable bonds is 2. The third-order valence-electron chi connectivity index (χ3n) is 3.19. The van der Waals surface area contributed by atoms with Gasteiger partial charge in [-0.2, -0.15) is 0 Å². The molecule has 0 aromatic heterocycles. The molecule has 0 amide bonds. The number of methoxy groups -OCH3 is 1. The first-order chi connectivity index (χ1) is 6.67. The molecule has 76 valence electrons. The lowest BCUT2D eigenvalue weighted by Crippen LogP contribution is -2.34. The molecule has 1 saturated carbocycles. The lowest BCUT2D eigenvalue weighted by Gasteiger charge is -2.38. The Morgan fingerprint density at radius 1 is 1.36 bits per heavy atom. The van der Waals surface area contributed by atoms with Crippen molar-refractivity contribution in [2.75, 3.05) is 7.11 Å². The molecule has 0 atom stereocenters. The van der Waals surface area contributed by atoms with Crippen molar-refractivity contribution < 1.29 is 9.84 Å². The molecule has 0 saturated heterocycles. The molecule has 2 nitrogen and oxygen atoms in total. The third kappa shape index (κ3) is 1.30. The van der Waals surface area contributed by atoms with Gasteiger partial charge < -0.3 is 9.84 Å². The van der Waals surface area contributed by atoms with Crippen molar-refractivity contribution in [3.05, 3.63) is 29.3 Å². The van der Waals surface area contributed by atoms with Gasteiger partial charge in [-0.15, -0.1) is 0 Å². The number of hydrogen-bond acceptors (Lipinski definition) is 2. The number of benzene rings is 1. The molecule has 1 aromatic carbocycles. The molecule has 1 N–H and O–H groups in total. The molecule has 0 spiro atoms. The summed E-state index contributed by atoms with van der Waals surface area (Å²) in [6.45, 7) is 2.00. The second-order valence-corrected chi connectivity index (χ2v) is 4.02. The minimum absolute atomic E-state index is 0.585. The van der Waals surface area contributed by atoms with E-state index in [0.29, 0.717) is 0 Å². The van der Waals surface area contributed by atoms with Crippen LogP contribution in [0.3, 0.4) is 0 Å². The Labute approximate surface area is 84.5 Å². The summed E-state index contributed by atoms with van der Waals surface area (Å²) in [4.78, 5) is 0. The number of hydrogen-bond donors (Lipinski definition) is 1. The van der Waals surface area contributed by atoms with Crippen molar-refractivity contribution in [2.24, 2.45) is 0 Å². The zero-order valence-electron chi connectivity index (χ0n) is 8.71. The van der Waals surface area contributed by atoms with Crippen LogP contribution in [0, 0.1) is 6.92 Å². The summed E-state index contributed by atoms with van der Waals surface area (Å²) in [5.74, 6) is 0.864. The van der Waals surface area contributed by atoms with Gasteiger partial charge in [-0.1, -0.05) is 12.1 Å². The fourth-order valence-electron chi connectivity index (χ4n) is 2.12. The molecule has 0 aliphatic heterocycles. The minimum atomic E-state index is -0.585. The Morgan fingerprint density at radius 2 is 2.07 bits per heavy atom. The van der Waals surface area contributed by atoms with Crippen LogP contribution in [0.15, 0.2) is 18.2 Å². The van der Waals surface area contributed by atoms with Crippen LogP contribution in [0.5, 0.6) is 5.75 Å². The van der Waals surface area contributed by atoms with E-state index in [9.17, 15) is 5.11 Å². The van der Waals surface area contributed by atoms with Gasteiger partial charge in [0.2, 0.25) is 0 Å². The van der Waals surface area contributed by atoms with Crippen LogP contribution >= 0.6 is 0 Å². The van der Waals surface area contributed by atoms with E-state index in [1.807, 2.05) is 25.1 Å². The lowest BCUT2D eigenvalue weighted by molar-refractivity contribution is -0.0394. The first-order valence-electron chi connectivity index (χ1n) is 5.04. The van der Waals surface area contributed by atoms with Gasteiger partial charge in [0.25, 0.3) is 0 Å². The largest absolute Gasteiger partial charge is 0.496 e. The molecule has 14 heavy (non-hydrogen) atoms. The SMILES string of the molecule is COc1cccc(C2(O)CCC2)c1C. The molecular formula is C12H16O2. The second-order valence-electron chi connectivity index (χ2n) is 4.02. The van der Waals surface area contributed by atoms with Crippen LogP contribution in [-0.4, -0.2) is 12.2 Å². The minimum Gasteiger partial charge on any atom is -0.496 e. The molecule has 1 aliphatic rings. The summed E-state index contributed by atoms with van der Waals surface area (Å²) in [7, 11) is 1.66. The first kappa shape index (κ1) is 9.53. The summed E-state index contributed by atoms with van der Waals surface area (Å²) in [6.07, 6.45) is 2.87. The summed E-state index contributed by atoms with van der Waals surface area (Å²) in [6, 6.07) is 5.87. The number of aliphatic hydroxyl groups is 1. The van der Waals surface area contributed by atoms with Gasteiger partial charge in [0, 0.05) is 0 Å². The van der Waals surface area contributed by atoms with Gasteiger partial charge in [-0.25, -0.2) is 0 Å². The molecule has 1 aromatic rings. The van der Waals surface area contributed by atoms with Crippen LogP contribution < -0.4 is 4.74 Å². The molecule has 0 unspecified atom stereocenters. The van der Waals surface area contributed by atoms with Gasteiger partial charge in [-0.05, 0) is 43.4 Å². The Morgan fingerprint density at radius 3 is 2.57 bits per heavy atom. The van der Waals surface area contributed by atoms with Crippen LogP contribution in [0.4, 0.5) is 0 Å². The Balaban J connectivity index is 2.43. The van der Waals surface area contributed by atoms with Gasteiger partial charge >= 0.3 is 0 Å². The fraction of sp³-hybridized carbons (Fsp3) is 0.500. The average molecular weight is 192 g/mol. The predicted molar refractivity (Wildman–Crippen MR) is 55.5 cm³/mol. The van der Waals surface area contributed by atoms with Crippen molar-refractivity contribution >= 4 is 0 Å². The Kier molecular flexibility index (Phi) is 2.23. The average Bonchev–Trinajstić information content (AvgIpc) is 2.15. The van der Waals surface area contributed by atoms with E-state index in [1.165, 1.54) is 0 Å². The standard InChI is InChI=1S/C12H16O2/c1-9-10(12(13)7-4-8-12)5-3-6-11(9)14-2/h3,5-6,13H,4,7-8H2,1-2H3. The van der Waals surface area contributed by atoms with E-state index in [2.05, 4.69) is 0 Å². The highest BCUT2D eigenvalue weighted by molar-refractivity contribution is 5.42. The maximum Gasteiger partial charge on any atom is 0.122 e. The van der Waals surface area contributed by atoms with E-state index in [0.717, 1.165) is 36.1 Å². The maximum atomic E-state index is 10.2. The summed E-state index contributed by atoms with van der Waals surface area (Å²) in [5, 5.41) is 10.2. The van der Waals surface area contributed by atoms with Crippen molar-refractivity contribution in [2.45, 2.75) is 31.8 Å². The fourth-order valence-corrected chi connectivity index (χ4v) is 2.12. The Bertz CT molecular complexity index is 340. The Hall–Kier alpha value is -1.02. The zero-order valence-corrected chi connectivity index (χ0v) is 8.71. The molecule has 0 radical (unpaired) electrons. The van der Waals surface area contributed by atoms with E-state index in [1.54, 1.807) is 7.11 Å². The monoisotopic (exact) mass is 192 g/mol. The van der Waals surface area contributed by atoms with E-state index >= 15 is 0 Å². The first-order valence-corrected chi connectivity index (χ1v) is 5.04. The highest BCUT2D eigenvalue weighted by Gasteiger charge is 2.37. The van der Waals surface area contributed by atoms with Crippen molar-refractivity contribution in [1.29, 1.82) is 0 Å². The highest BCUT2D eigenvalue weighted by atomic mass is 16.5. The van der Waals surface area contributed by atoms with Crippen molar-refractivity contribution in [3.8, 4) is 5.75 Å². The van der Waals surface area contributed by atoms with Crippen molar-refractivity contribution in [3.63, 3.8) is 0 Å². The molecule has 0 heterocycles. The van der Waals surface area contributed by atoms with E-state index < -0.39 is 5.60 Å². The van der Waals surface area contributed by atoms with Crippen LogP contribution in [0.2, 0.25) is 0 Å². The summed E-state index contributed by atoms with van der Waals surface area (Å²) in [5.41, 5.74) is 1.51. The number of ether oxygens (including phenoxy) is 1. The van der Waals surface area contributed by atoms with Gasteiger partial charge in [0.1, 0.15) is 5.75 Å². The van der Waals surface area contributed by atoms with Gasteiger partial charge in [0.15, 0.2) is 0 Å². The quantitative estimate of drug-likeness (QED) is 0.779.